The van der Waals surface area contributed by atoms with E-state index in [0.717, 1.165) is 18.4 Å². The number of carbonyl (C=O) groups is 2. The summed E-state index contributed by atoms with van der Waals surface area (Å²) >= 11 is 0. The molecule has 0 radical (unpaired) electrons. The average molecular weight is 341 g/mol. The first-order chi connectivity index (χ1) is 12.2. The molecule has 2 aromatic rings. The van der Waals surface area contributed by atoms with Crippen molar-refractivity contribution >= 4 is 17.6 Å². The molecule has 1 aliphatic rings. The van der Waals surface area contributed by atoms with E-state index >= 15 is 0 Å². The van der Waals surface area contributed by atoms with Gasteiger partial charge in [0.2, 0.25) is 5.91 Å². The molecule has 25 heavy (non-hydrogen) atoms. The Balaban J connectivity index is 1.57. The quantitative estimate of drug-likeness (QED) is 0.892. The molecule has 1 aromatic heterocycles. The van der Waals surface area contributed by atoms with Crippen molar-refractivity contribution in [3.05, 3.63) is 48.3 Å². The predicted molar refractivity (Wildman–Crippen MR) is 95.2 cm³/mol. The van der Waals surface area contributed by atoms with Crippen molar-refractivity contribution in [1.29, 1.82) is 0 Å². The molecule has 1 fully saturated rings. The van der Waals surface area contributed by atoms with Crippen molar-refractivity contribution in [3.63, 3.8) is 0 Å². The van der Waals surface area contributed by atoms with Crippen molar-refractivity contribution in [2.45, 2.75) is 19.4 Å². The Labute approximate surface area is 147 Å². The maximum absolute atomic E-state index is 12.4. The summed E-state index contributed by atoms with van der Waals surface area (Å²) in [4.78, 5) is 25.9. The molecule has 132 valence electrons. The number of piperidine rings is 1. The molecule has 7 heteroatoms. The number of amides is 3. The molecule has 7 nitrogen and oxygen atoms in total. The highest BCUT2D eigenvalue weighted by Crippen LogP contribution is 2.18. The summed E-state index contributed by atoms with van der Waals surface area (Å²) in [5, 5.41) is 9.81. The van der Waals surface area contributed by atoms with E-state index in [9.17, 15) is 9.59 Å². The number of hydrogen-bond donors (Lipinski definition) is 2. The van der Waals surface area contributed by atoms with Gasteiger partial charge in [-0.2, -0.15) is 5.10 Å². The fourth-order valence-electron chi connectivity index (χ4n) is 3.07. The van der Waals surface area contributed by atoms with Gasteiger partial charge in [0.25, 0.3) is 0 Å². The Morgan fingerprint density at radius 3 is 2.84 bits per heavy atom. The van der Waals surface area contributed by atoms with Crippen LogP contribution in [0.25, 0.3) is 0 Å². The summed E-state index contributed by atoms with van der Waals surface area (Å²) in [5.74, 6) is -0.140. The van der Waals surface area contributed by atoms with Crippen LogP contribution in [0.1, 0.15) is 18.4 Å². The third-order valence-electron chi connectivity index (χ3n) is 4.40. The Bertz CT molecular complexity index is 728. The molecular formula is C18H23N5O2. The van der Waals surface area contributed by atoms with Crippen LogP contribution in [0, 0.1) is 5.92 Å². The van der Waals surface area contributed by atoms with E-state index in [0.29, 0.717) is 25.3 Å². The van der Waals surface area contributed by atoms with E-state index < -0.39 is 0 Å². The molecular weight excluding hydrogens is 318 g/mol. The molecule has 2 heterocycles. The molecule has 3 rings (SSSR count). The zero-order valence-corrected chi connectivity index (χ0v) is 14.3. The van der Waals surface area contributed by atoms with Gasteiger partial charge in [0, 0.05) is 26.3 Å². The minimum absolute atomic E-state index is 0.00631. The van der Waals surface area contributed by atoms with E-state index in [-0.39, 0.29) is 17.9 Å². The highest BCUT2D eigenvalue weighted by molar-refractivity contribution is 5.89. The number of rotatable bonds is 4. The van der Waals surface area contributed by atoms with Crippen molar-refractivity contribution < 1.29 is 9.59 Å². The van der Waals surface area contributed by atoms with Gasteiger partial charge in [0.15, 0.2) is 0 Å². The third-order valence-corrected chi connectivity index (χ3v) is 4.40. The molecule has 0 spiro atoms. The number of carbonyl (C=O) groups excluding carboxylic acids is 2. The number of urea groups is 1. The Morgan fingerprint density at radius 1 is 1.28 bits per heavy atom. The minimum Gasteiger partial charge on any atom is -0.359 e. The minimum atomic E-state index is -0.187. The zero-order valence-electron chi connectivity index (χ0n) is 14.3. The lowest BCUT2D eigenvalue weighted by molar-refractivity contribution is -0.125. The molecule has 0 unspecified atom stereocenters. The van der Waals surface area contributed by atoms with Crippen LogP contribution in [0.5, 0.6) is 0 Å². The number of benzene rings is 1. The monoisotopic (exact) mass is 341 g/mol. The summed E-state index contributed by atoms with van der Waals surface area (Å²) < 4.78 is 1.79. The van der Waals surface area contributed by atoms with Crippen molar-refractivity contribution in [2.24, 2.45) is 5.92 Å². The molecule has 0 aliphatic carbocycles. The van der Waals surface area contributed by atoms with Crippen LogP contribution in [0.4, 0.5) is 10.5 Å². The zero-order chi connectivity index (χ0) is 17.6. The number of hydrogen-bond acceptors (Lipinski definition) is 3. The van der Waals surface area contributed by atoms with Crippen LogP contribution in [-0.2, 0) is 11.3 Å². The third kappa shape index (κ3) is 4.37. The van der Waals surface area contributed by atoms with Gasteiger partial charge in [-0.1, -0.05) is 30.3 Å². The van der Waals surface area contributed by atoms with Crippen molar-refractivity contribution in [2.75, 3.05) is 25.5 Å². The summed E-state index contributed by atoms with van der Waals surface area (Å²) in [6, 6.07) is 9.83. The van der Waals surface area contributed by atoms with Crippen LogP contribution in [0.3, 0.4) is 0 Å². The Hall–Kier alpha value is -2.83. The number of nitrogens with zero attached hydrogens (tertiary/aromatic N) is 3. The standard InChI is InChI=1S/C18H23N5O2/c1-19-17(24)15-8-5-9-22(12-15)18(25)21-16-10-20-23(13-16)11-14-6-3-2-4-7-14/h2-4,6-7,10,13,15H,5,8-9,11-12H2,1H3,(H,19,24)(H,21,25)/t15-/m0/s1. The Morgan fingerprint density at radius 2 is 2.08 bits per heavy atom. The number of likely N-dealkylation sites (tertiary alicyclic amines) is 1. The largest absolute Gasteiger partial charge is 0.359 e. The molecule has 1 aliphatic heterocycles. The van der Waals surface area contributed by atoms with Gasteiger partial charge in [0.05, 0.1) is 24.3 Å². The fraction of sp³-hybridized carbons (Fsp3) is 0.389. The van der Waals surface area contributed by atoms with Gasteiger partial charge in [-0.25, -0.2) is 4.79 Å². The van der Waals surface area contributed by atoms with Gasteiger partial charge in [0.1, 0.15) is 0 Å². The smallest absolute Gasteiger partial charge is 0.321 e. The van der Waals surface area contributed by atoms with Gasteiger partial charge in [-0.05, 0) is 18.4 Å². The molecule has 1 aromatic carbocycles. The molecule has 1 atom stereocenters. The lowest BCUT2D eigenvalue weighted by Crippen LogP contribution is -2.46. The maximum Gasteiger partial charge on any atom is 0.321 e. The number of nitrogens with one attached hydrogen (secondary N) is 2. The lowest BCUT2D eigenvalue weighted by atomic mass is 9.97. The lowest BCUT2D eigenvalue weighted by Gasteiger charge is -2.31. The topological polar surface area (TPSA) is 79.3 Å². The molecule has 3 amide bonds. The maximum atomic E-state index is 12.4. The van der Waals surface area contributed by atoms with E-state index in [1.165, 1.54) is 0 Å². The van der Waals surface area contributed by atoms with E-state index in [1.54, 1.807) is 22.8 Å². The first-order valence-corrected chi connectivity index (χ1v) is 8.49. The summed E-state index contributed by atoms with van der Waals surface area (Å²) in [6.07, 6.45) is 5.10. The van der Waals surface area contributed by atoms with Gasteiger partial charge >= 0.3 is 6.03 Å². The van der Waals surface area contributed by atoms with Crippen molar-refractivity contribution in [1.82, 2.24) is 20.0 Å². The highest BCUT2D eigenvalue weighted by atomic mass is 16.2. The van der Waals surface area contributed by atoms with Crippen LogP contribution >= 0.6 is 0 Å². The van der Waals surface area contributed by atoms with E-state index in [2.05, 4.69) is 15.7 Å². The van der Waals surface area contributed by atoms with Crippen molar-refractivity contribution in [3.8, 4) is 0 Å². The van der Waals surface area contributed by atoms with Crippen LogP contribution in [0.2, 0.25) is 0 Å². The van der Waals surface area contributed by atoms with Crippen LogP contribution in [-0.4, -0.2) is 46.8 Å². The van der Waals surface area contributed by atoms with Gasteiger partial charge in [-0.15, -0.1) is 0 Å². The molecule has 2 N–H and O–H groups in total. The fourth-order valence-corrected chi connectivity index (χ4v) is 3.07. The second-order valence-electron chi connectivity index (χ2n) is 6.24. The van der Waals surface area contributed by atoms with E-state index in [4.69, 9.17) is 0 Å². The summed E-state index contributed by atoms with van der Waals surface area (Å²) in [5.41, 5.74) is 1.80. The molecule has 1 saturated heterocycles. The summed E-state index contributed by atoms with van der Waals surface area (Å²) in [7, 11) is 1.63. The number of anilines is 1. The predicted octanol–water partition coefficient (Wildman–Crippen LogP) is 1.92. The second-order valence-corrected chi connectivity index (χ2v) is 6.24. The molecule has 0 bridgehead atoms. The number of aromatic nitrogens is 2. The van der Waals surface area contributed by atoms with Gasteiger partial charge in [-0.3, -0.25) is 9.48 Å². The first-order valence-electron chi connectivity index (χ1n) is 8.49. The van der Waals surface area contributed by atoms with E-state index in [1.807, 2.05) is 36.5 Å². The average Bonchev–Trinajstić information content (AvgIpc) is 3.08. The SMILES string of the molecule is CNC(=O)[C@H]1CCCN(C(=O)Nc2cnn(Cc3ccccc3)c2)C1. The second kappa shape index (κ2) is 7.83. The Kier molecular flexibility index (Phi) is 5.33. The summed E-state index contributed by atoms with van der Waals surface area (Å²) in [6.45, 7) is 1.76. The highest BCUT2D eigenvalue weighted by Gasteiger charge is 2.27. The van der Waals surface area contributed by atoms with Crippen LogP contribution in [0.15, 0.2) is 42.7 Å². The molecule has 0 saturated carbocycles. The first kappa shape index (κ1) is 17.0. The van der Waals surface area contributed by atoms with Gasteiger partial charge < -0.3 is 15.5 Å². The van der Waals surface area contributed by atoms with Crippen LogP contribution < -0.4 is 10.6 Å². The normalized spacial score (nSPS) is 17.2.